The Morgan fingerprint density at radius 1 is 1.25 bits per heavy atom. The number of nitrogens with one attached hydrogen (secondary N) is 1. The molecule has 0 heterocycles. The first-order valence-electron chi connectivity index (χ1n) is 6.30. The molecule has 1 atom stereocenters. The van der Waals surface area contributed by atoms with Crippen LogP contribution in [-0.4, -0.2) is 5.91 Å². The second kappa shape index (κ2) is 6.72. The fraction of sp³-hybridized carbons (Fsp3) is 0.188. The van der Waals surface area contributed by atoms with Crippen LogP contribution in [0, 0.1) is 10.5 Å². The van der Waals surface area contributed by atoms with Gasteiger partial charge in [-0.05, 0) is 65.8 Å². The van der Waals surface area contributed by atoms with Crippen LogP contribution in [-0.2, 0) is 0 Å². The van der Waals surface area contributed by atoms with E-state index < -0.39 is 0 Å². The second-order valence-electron chi connectivity index (χ2n) is 4.68. The van der Waals surface area contributed by atoms with E-state index in [0.717, 1.165) is 13.6 Å². The van der Waals surface area contributed by atoms with Crippen molar-refractivity contribution in [3.63, 3.8) is 0 Å². The molecule has 104 valence electrons. The van der Waals surface area contributed by atoms with Crippen LogP contribution in [0.2, 0.25) is 0 Å². The van der Waals surface area contributed by atoms with Crippen LogP contribution in [0.1, 0.15) is 34.5 Å². The molecule has 0 aliphatic heterocycles. The molecule has 20 heavy (non-hydrogen) atoms. The Kier molecular flexibility index (Phi) is 5.21. The molecule has 0 spiro atoms. The zero-order valence-electron chi connectivity index (χ0n) is 11.3. The summed E-state index contributed by atoms with van der Waals surface area (Å²) in [7, 11) is 0. The number of carbonyl (C=O) groups excluding carboxylic acids is 1. The molecule has 0 aliphatic rings. The first-order chi connectivity index (χ1) is 9.49. The van der Waals surface area contributed by atoms with Crippen molar-refractivity contribution >= 4 is 44.4 Å². The van der Waals surface area contributed by atoms with Crippen molar-refractivity contribution in [1.29, 1.82) is 0 Å². The highest BCUT2D eigenvalue weighted by Crippen LogP contribution is 2.21. The van der Waals surface area contributed by atoms with Crippen molar-refractivity contribution in [2.75, 3.05) is 0 Å². The standard InChI is InChI=1S/C16H15BrINO/c1-10-5-3-4-6-13(10)11(2)19-16(20)14-9-12(17)7-8-15(14)18/h3-9,11H,1-2H3,(H,19,20). The van der Waals surface area contributed by atoms with E-state index in [9.17, 15) is 4.79 Å². The van der Waals surface area contributed by atoms with E-state index in [2.05, 4.69) is 56.8 Å². The maximum Gasteiger partial charge on any atom is 0.252 e. The first kappa shape index (κ1) is 15.5. The Morgan fingerprint density at radius 2 is 1.95 bits per heavy atom. The van der Waals surface area contributed by atoms with Gasteiger partial charge in [-0.1, -0.05) is 40.2 Å². The van der Waals surface area contributed by atoms with E-state index in [1.807, 2.05) is 43.3 Å². The summed E-state index contributed by atoms with van der Waals surface area (Å²) < 4.78 is 1.85. The van der Waals surface area contributed by atoms with Gasteiger partial charge < -0.3 is 5.32 Å². The number of rotatable bonds is 3. The fourth-order valence-corrected chi connectivity index (χ4v) is 3.04. The molecule has 0 bridgehead atoms. The molecule has 0 aromatic heterocycles. The molecule has 0 saturated carbocycles. The summed E-state index contributed by atoms with van der Waals surface area (Å²) in [5, 5.41) is 3.06. The Bertz CT molecular complexity index is 642. The minimum Gasteiger partial charge on any atom is -0.345 e. The van der Waals surface area contributed by atoms with Gasteiger partial charge in [-0.2, -0.15) is 0 Å². The molecule has 2 aromatic carbocycles. The van der Waals surface area contributed by atoms with Gasteiger partial charge in [-0.3, -0.25) is 4.79 Å². The molecule has 0 aliphatic carbocycles. The van der Waals surface area contributed by atoms with E-state index in [1.54, 1.807) is 0 Å². The topological polar surface area (TPSA) is 29.1 Å². The summed E-state index contributed by atoms with van der Waals surface area (Å²) in [6, 6.07) is 13.8. The largest absolute Gasteiger partial charge is 0.345 e. The molecule has 2 rings (SSSR count). The summed E-state index contributed by atoms with van der Waals surface area (Å²) in [5.41, 5.74) is 3.02. The van der Waals surface area contributed by atoms with Crippen LogP contribution >= 0.6 is 38.5 Å². The smallest absolute Gasteiger partial charge is 0.252 e. The first-order valence-corrected chi connectivity index (χ1v) is 8.17. The maximum atomic E-state index is 12.4. The molecule has 1 amide bonds. The number of hydrogen-bond donors (Lipinski definition) is 1. The summed E-state index contributed by atoms with van der Waals surface area (Å²) >= 11 is 5.58. The van der Waals surface area contributed by atoms with Crippen molar-refractivity contribution in [2.24, 2.45) is 0 Å². The molecule has 1 unspecified atom stereocenters. The normalized spacial score (nSPS) is 12.0. The van der Waals surface area contributed by atoms with Crippen LogP contribution in [0.3, 0.4) is 0 Å². The summed E-state index contributed by atoms with van der Waals surface area (Å²) in [4.78, 5) is 12.4. The van der Waals surface area contributed by atoms with Gasteiger partial charge in [0, 0.05) is 8.04 Å². The second-order valence-corrected chi connectivity index (χ2v) is 6.75. The molecular weight excluding hydrogens is 429 g/mol. The lowest BCUT2D eigenvalue weighted by atomic mass is 10.0. The minimum absolute atomic E-state index is 0.0153. The van der Waals surface area contributed by atoms with Gasteiger partial charge in [-0.25, -0.2) is 0 Å². The van der Waals surface area contributed by atoms with E-state index in [1.165, 1.54) is 5.56 Å². The number of amides is 1. The zero-order chi connectivity index (χ0) is 14.7. The van der Waals surface area contributed by atoms with E-state index >= 15 is 0 Å². The maximum absolute atomic E-state index is 12.4. The predicted octanol–water partition coefficient (Wildman–Crippen LogP) is 4.85. The van der Waals surface area contributed by atoms with Gasteiger partial charge in [0.15, 0.2) is 0 Å². The third-order valence-corrected chi connectivity index (χ3v) is 4.61. The number of halogens is 2. The van der Waals surface area contributed by atoms with Crippen molar-refractivity contribution in [3.8, 4) is 0 Å². The SMILES string of the molecule is Cc1ccccc1C(C)NC(=O)c1cc(Br)ccc1I. The third kappa shape index (κ3) is 3.61. The number of hydrogen-bond acceptors (Lipinski definition) is 1. The number of carbonyl (C=O) groups is 1. The number of benzene rings is 2. The van der Waals surface area contributed by atoms with E-state index in [-0.39, 0.29) is 11.9 Å². The molecule has 0 saturated heterocycles. The van der Waals surface area contributed by atoms with Crippen LogP contribution in [0.5, 0.6) is 0 Å². The lowest BCUT2D eigenvalue weighted by Crippen LogP contribution is -2.27. The van der Waals surface area contributed by atoms with Crippen molar-refractivity contribution in [1.82, 2.24) is 5.32 Å². The Morgan fingerprint density at radius 3 is 2.65 bits per heavy atom. The molecule has 4 heteroatoms. The van der Waals surface area contributed by atoms with Gasteiger partial charge in [0.1, 0.15) is 0 Å². The van der Waals surface area contributed by atoms with Gasteiger partial charge in [0.2, 0.25) is 0 Å². The summed E-state index contributed by atoms with van der Waals surface area (Å²) in [6.07, 6.45) is 0. The van der Waals surface area contributed by atoms with Crippen LogP contribution in [0.4, 0.5) is 0 Å². The third-order valence-electron chi connectivity index (χ3n) is 3.18. The molecule has 2 nitrogen and oxygen atoms in total. The highest BCUT2D eigenvalue weighted by atomic mass is 127. The Hall–Kier alpha value is -0.880. The van der Waals surface area contributed by atoms with Crippen LogP contribution in [0.25, 0.3) is 0 Å². The average molecular weight is 444 g/mol. The van der Waals surface area contributed by atoms with Crippen LogP contribution < -0.4 is 5.32 Å². The average Bonchev–Trinajstić information content (AvgIpc) is 2.41. The number of aryl methyl sites for hydroxylation is 1. The van der Waals surface area contributed by atoms with Crippen molar-refractivity contribution in [2.45, 2.75) is 19.9 Å². The monoisotopic (exact) mass is 443 g/mol. The van der Waals surface area contributed by atoms with E-state index in [4.69, 9.17) is 0 Å². The predicted molar refractivity (Wildman–Crippen MR) is 93.9 cm³/mol. The quantitative estimate of drug-likeness (QED) is 0.674. The van der Waals surface area contributed by atoms with Crippen molar-refractivity contribution in [3.05, 3.63) is 67.2 Å². The summed E-state index contributed by atoms with van der Waals surface area (Å²) in [6.45, 7) is 4.06. The van der Waals surface area contributed by atoms with Gasteiger partial charge in [0.05, 0.1) is 11.6 Å². The van der Waals surface area contributed by atoms with E-state index in [0.29, 0.717) is 5.56 Å². The molecule has 1 N–H and O–H groups in total. The zero-order valence-corrected chi connectivity index (χ0v) is 15.0. The van der Waals surface area contributed by atoms with Gasteiger partial charge in [0.25, 0.3) is 5.91 Å². The van der Waals surface area contributed by atoms with Crippen LogP contribution in [0.15, 0.2) is 46.9 Å². The lowest BCUT2D eigenvalue weighted by Gasteiger charge is -2.17. The fourth-order valence-electron chi connectivity index (χ4n) is 2.10. The molecule has 2 aromatic rings. The Labute approximate surface area is 141 Å². The molecule has 0 radical (unpaired) electrons. The summed E-state index contributed by atoms with van der Waals surface area (Å²) in [5.74, 6) is -0.0496. The molecular formula is C16H15BrINO. The molecule has 0 fully saturated rings. The highest BCUT2D eigenvalue weighted by molar-refractivity contribution is 14.1. The lowest BCUT2D eigenvalue weighted by molar-refractivity contribution is 0.0939. The Balaban J connectivity index is 2.20. The van der Waals surface area contributed by atoms with Gasteiger partial charge in [-0.15, -0.1) is 0 Å². The van der Waals surface area contributed by atoms with Gasteiger partial charge >= 0.3 is 0 Å². The van der Waals surface area contributed by atoms with Crippen molar-refractivity contribution < 1.29 is 4.79 Å². The highest BCUT2D eigenvalue weighted by Gasteiger charge is 2.15. The minimum atomic E-state index is -0.0496.